The fraction of sp³-hybridized carbons (Fsp3) is 0.771. The Morgan fingerprint density at radius 2 is 1.74 bits per heavy atom. The number of esters is 1. The van der Waals surface area contributed by atoms with Gasteiger partial charge in [0.15, 0.2) is 11.8 Å². The van der Waals surface area contributed by atoms with Gasteiger partial charge in [-0.1, -0.05) is 89.3 Å². The van der Waals surface area contributed by atoms with E-state index in [1.54, 1.807) is 5.06 Å². The van der Waals surface area contributed by atoms with Crippen LogP contribution in [0.2, 0.25) is 0 Å². The fourth-order valence-corrected chi connectivity index (χ4v) is 12.0. The van der Waals surface area contributed by atoms with Gasteiger partial charge in [0.1, 0.15) is 35.9 Å². The number of carbonyl (C=O) groups is 3. The number of allylic oxidation sites excluding steroid dienone is 1. The standard InChI is InChI=1S/C48H71N3O10/c1-7-9-11-19-47(20-12-10-8-2)59-38-35-27-48(44(56)50-37(29(3)53)42(54)49-22-23-52)40(43(55)57-35)51(61-41(48)39(38)60-47)28-31-15-13-14-30(24-31)25-32-16-17-36-46(6,58-36)21-18-34-33(32)26-45(34,4)5/h13-15,24-25,29,33-41,52-53H,7-12,16-23,26-28H2,1-6H3,(H,49,54)(H,50,56)/t29-,33+,34+,35+,36?,37+,38-,39-,40-,41+,46+,48-/m0/s1. The van der Waals surface area contributed by atoms with Gasteiger partial charge in [0.05, 0.1) is 31.0 Å². The van der Waals surface area contributed by atoms with E-state index in [4.69, 9.17) is 23.8 Å². The lowest BCUT2D eigenvalue weighted by Gasteiger charge is -2.53. The Morgan fingerprint density at radius 1 is 1.00 bits per heavy atom. The molecule has 3 saturated carbocycles. The van der Waals surface area contributed by atoms with Gasteiger partial charge in [0, 0.05) is 25.8 Å². The van der Waals surface area contributed by atoms with Gasteiger partial charge in [0.2, 0.25) is 11.8 Å². The van der Waals surface area contributed by atoms with Crippen LogP contribution in [0, 0.1) is 22.7 Å². The number of benzene rings is 1. The molecule has 4 heterocycles. The molecule has 0 radical (unpaired) electrons. The first-order valence-corrected chi connectivity index (χ1v) is 23.5. The third-order valence-corrected chi connectivity index (χ3v) is 15.5. The summed E-state index contributed by atoms with van der Waals surface area (Å²) in [5.41, 5.74) is 2.24. The second-order valence-electron chi connectivity index (χ2n) is 20.3. The van der Waals surface area contributed by atoms with E-state index in [1.165, 1.54) is 25.3 Å². The predicted molar refractivity (Wildman–Crippen MR) is 227 cm³/mol. The van der Waals surface area contributed by atoms with Crippen molar-refractivity contribution < 1.29 is 48.4 Å². The molecule has 7 fully saturated rings. The van der Waals surface area contributed by atoms with Gasteiger partial charge < -0.3 is 39.8 Å². The molecule has 4 aliphatic heterocycles. The number of nitrogens with zero attached hydrogens (tertiary/aromatic N) is 1. The predicted octanol–water partition coefficient (Wildman–Crippen LogP) is 5.88. The van der Waals surface area contributed by atoms with Crippen molar-refractivity contribution in [3.8, 4) is 0 Å². The van der Waals surface area contributed by atoms with E-state index in [0.29, 0.717) is 36.2 Å². The number of aliphatic hydroxyl groups excluding tert-OH is 2. The zero-order valence-corrected chi connectivity index (χ0v) is 37.3. The topological polar surface area (TPSA) is 168 Å². The zero-order chi connectivity index (χ0) is 43.3. The van der Waals surface area contributed by atoms with Crippen LogP contribution in [0.15, 0.2) is 29.8 Å². The molecule has 3 aliphatic carbocycles. The van der Waals surface area contributed by atoms with Gasteiger partial charge >= 0.3 is 5.97 Å². The van der Waals surface area contributed by atoms with Gasteiger partial charge in [0.25, 0.3) is 0 Å². The summed E-state index contributed by atoms with van der Waals surface area (Å²) in [4.78, 5) is 49.6. The smallest absolute Gasteiger partial charge is 0.327 e. The summed E-state index contributed by atoms with van der Waals surface area (Å²) in [6.07, 6.45) is 11.1. The number of rotatable bonds is 17. The van der Waals surface area contributed by atoms with Crippen LogP contribution in [0.1, 0.15) is 143 Å². The van der Waals surface area contributed by atoms with Crippen LogP contribution in [0.25, 0.3) is 6.08 Å². The molecule has 12 atom stereocenters. The van der Waals surface area contributed by atoms with Gasteiger partial charge in [-0.25, -0.2) is 0 Å². The van der Waals surface area contributed by atoms with Crippen molar-refractivity contribution in [2.75, 3.05) is 13.2 Å². The molecular formula is C48H71N3O10. The summed E-state index contributed by atoms with van der Waals surface area (Å²) in [6, 6.07) is 5.81. The molecule has 7 aliphatic rings. The van der Waals surface area contributed by atoms with E-state index in [0.717, 1.165) is 68.9 Å². The molecule has 13 heteroatoms. The average Bonchev–Trinajstić information content (AvgIpc) is 3.50. The summed E-state index contributed by atoms with van der Waals surface area (Å²) in [6.45, 7) is 12.6. The van der Waals surface area contributed by atoms with E-state index >= 15 is 4.79 Å². The van der Waals surface area contributed by atoms with E-state index in [-0.39, 0.29) is 31.7 Å². The molecule has 0 aromatic heterocycles. The van der Waals surface area contributed by atoms with Gasteiger partial charge in [-0.15, -0.1) is 0 Å². The quantitative estimate of drug-likeness (QED) is 0.0840. The molecule has 4 N–H and O–H groups in total. The van der Waals surface area contributed by atoms with E-state index in [1.807, 2.05) is 12.1 Å². The number of fused-ring (bicyclic) bond motifs is 6. The van der Waals surface area contributed by atoms with Crippen LogP contribution in [0.4, 0.5) is 0 Å². The van der Waals surface area contributed by atoms with Crippen molar-refractivity contribution in [1.29, 1.82) is 0 Å². The zero-order valence-electron chi connectivity index (χ0n) is 37.3. The third kappa shape index (κ3) is 8.46. The number of unbranched alkanes of at least 4 members (excludes halogenated alkanes) is 4. The number of aliphatic hydroxyl groups is 2. The number of hydroxylamine groups is 2. The lowest BCUT2D eigenvalue weighted by Crippen LogP contribution is -2.71. The molecule has 338 valence electrons. The first-order valence-electron chi connectivity index (χ1n) is 23.5. The number of hydrogen-bond donors (Lipinski definition) is 4. The number of epoxide rings is 1. The van der Waals surface area contributed by atoms with Crippen LogP contribution in [0.5, 0.6) is 0 Å². The van der Waals surface area contributed by atoms with Crippen molar-refractivity contribution in [3.05, 3.63) is 41.0 Å². The summed E-state index contributed by atoms with van der Waals surface area (Å²) < 4.78 is 26.4. The SMILES string of the molecule is CCCCCC1(CCCCC)O[C@@H]2[C@H](O1)[C@H]1ON(Cc3cccc(C=C4CCC5O[C@]5(C)CC[C@@H]5[C@@H]4CC5(C)C)c3)[C@H]3C(=O)O[C@@H]2C[C@@]13C(=O)N[C@@H](C(=O)NCCO)[C@H](C)O. The highest BCUT2D eigenvalue weighted by atomic mass is 16.8. The van der Waals surface area contributed by atoms with Crippen LogP contribution >= 0.6 is 0 Å². The number of ether oxygens (including phenoxy) is 4. The normalized spacial score (nSPS) is 37.1. The van der Waals surface area contributed by atoms with Gasteiger partial charge in [-0.2, -0.15) is 5.06 Å². The van der Waals surface area contributed by atoms with Crippen molar-refractivity contribution in [3.63, 3.8) is 0 Å². The molecule has 2 amide bonds. The minimum absolute atomic E-state index is 0.0118. The summed E-state index contributed by atoms with van der Waals surface area (Å²) in [7, 11) is 0. The molecule has 1 aromatic carbocycles. The largest absolute Gasteiger partial charge is 0.458 e. The van der Waals surface area contributed by atoms with E-state index in [9.17, 15) is 19.8 Å². The summed E-state index contributed by atoms with van der Waals surface area (Å²) in [5, 5.41) is 27.1. The minimum atomic E-state index is -1.53. The fourth-order valence-electron chi connectivity index (χ4n) is 12.0. The van der Waals surface area contributed by atoms with Crippen molar-refractivity contribution in [2.45, 2.75) is 198 Å². The number of amides is 2. The maximum absolute atomic E-state index is 15.0. The van der Waals surface area contributed by atoms with Crippen LogP contribution in [-0.4, -0.2) is 106 Å². The van der Waals surface area contributed by atoms with Crippen LogP contribution < -0.4 is 10.6 Å². The van der Waals surface area contributed by atoms with Crippen molar-refractivity contribution in [1.82, 2.24) is 15.7 Å². The first kappa shape index (κ1) is 44.7. The lowest BCUT2D eigenvalue weighted by atomic mass is 9.52. The van der Waals surface area contributed by atoms with Crippen LogP contribution in [-0.2, 0) is 44.7 Å². The highest BCUT2D eigenvalue weighted by Gasteiger charge is 2.76. The molecule has 1 unspecified atom stereocenters. The molecule has 13 nitrogen and oxygen atoms in total. The highest BCUT2D eigenvalue weighted by Crippen LogP contribution is 2.61. The third-order valence-electron chi connectivity index (χ3n) is 15.5. The van der Waals surface area contributed by atoms with E-state index in [2.05, 4.69) is 63.5 Å². The Bertz CT molecular complexity index is 1810. The maximum atomic E-state index is 15.0. The second kappa shape index (κ2) is 17.6. The summed E-state index contributed by atoms with van der Waals surface area (Å²) >= 11 is 0. The minimum Gasteiger partial charge on any atom is -0.458 e. The van der Waals surface area contributed by atoms with Gasteiger partial charge in [-0.05, 0) is 87.2 Å². The van der Waals surface area contributed by atoms with Gasteiger partial charge in [-0.3, -0.25) is 19.2 Å². The first-order chi connectivity index (χ1) is 29.2. The Kier molecular flexibility index (Phi) is 12.9. The van der Waals surface area contributed by atoms with Crippen molar-refractivity contribution >= 4 is 23.9 Å². The van der Waals surface area contributed by atoms with Crippen molar-refractivity contribution in [2.24, 2.45) is 22.7 Å². The summed E-state index contributed by atoms with van der Waals surface area (Å²) in [5.74, 6) is -1.60. The monoisotopic (exact) mass is 850 g/mol. The molecule has 2 bridgehead atoms. The number of nitrogens with one attached hydrogen (secondary N) is 2. The molecular weight excluding hydrogens is 779 g/mol. The average molecular weight is 850 g/mol. The molecule has 61 heavy (non-hydrogen) atoms. The Hall–Kier alpha value is -2.91. The maximum Gasteiger partial charge on any atom is 0.327 e. The number of hydrogen-bond acceptors (Lipinski definition) is 11. The Labute approximate surface area is 361 Å². The second-order valence-corrected chi connectivity index (χ2v) is 20.3. The highest BCUT2D eigenvalue weighted by molar-refractivity contribution is 5.96. The Morgan fingerprint density at radius 3 is 2.43 bits per heavy atom. The Balaban J connectivity index is 1.11. The molecule has 1 aromatic rings. The molecule has 4 saturated heterocycles. The van der Waals surface area contributed by atoms with Crippen LogP contribution in [0.3, 0.4) is 0 Å². The molecule has 8 rings (SSSR count). The lowest BCUT2D eigenvalue weighted by molar-refractivity contribution is -0.224. The van der Waals surface area contributed by atoms with E-state index < -0.39 is 71.6 Å². The number of carbonyl (C=O) groups excluding carboxylic acids is 3. The molecule has 0 spiro atoms.